The Kier molecular flexibility index (Phi) is 5.01. The van der Waals surface area contributed by atoms with E-state index in [2.05, 4.69) is 11.8 Å². The van der Waals surface area contributed by atoms with Crippen molar-refractivity contribution in [3.63, 3.8) is 0 Å². The second-order valence-electron chi connectivity index (χ2n) is 5.89. The van der Waals surface area contributed by atoms with Gasteiger partial charge in [-0.05, 0) is 38.1 Å². The van der Waals surface area contributed by atoms with Crippen LogP contribution in [0.4, 0.5) is 0 Å². The van der Waals surface area contributed by atoms with Crippen molar-refractivity contribution in [2.45, 2.75) is 50.7 Å². The average Bonchev–Trinajstić information content (AvgIpc) is 2.79. The van der Waals surface area contributed by atoms with Gasteiger partial charge in [-0.15, -0.1) is 0 Å². The van der Waals surface area contributed by atoms with Crippen LogP contribution in [0.5, 0.6) is 0 Å². The van der Waals surface area contributed by atoms with Crippen molar-refractivity contribution >= 4 is 0 Å². The Morgan fingerprint density at radius 3 is 3.06 bits per heavy atom. The van der Waals surface area contributed by atoms with E-state index in [4.69, 9.17) is 10.5 Å². The lowest BCUT2D eigenvalue weighted by atomic mass is 9.88. The van der Waals surface area contributed by atoms with Crippen molar-refractivity contribution in [2.24, 2.45) is 11.7 Å². The maximum atomic E-state index is 10.4. The minimum Gasteiger partial charge on any atom is -0.388 e. The lowest BCUT2D eigenvalue weighted by Gasteiger charge is -2.35. The minimum atomic E-state index is -0.587. The third kappa shape index (κ3) is 3.23. The topological polar surface area (TPSA) is 58.7 Å². The zero-order valence-corrected chi connectivity index (χ0v) is 11.6. The molecule has 1 aliphatic heterocycles. The van der Waals surface area contributed by atoms with Crippen molar-refractivity contribution in [2.75, 3.05) is 32.8 Å². The molecule has 0 amide bonds. The van der Waals surface area contributed by atoms with Gasteiger partial charge in [0.2, 0.25) is 0 Å². The molecule has 3 unspecified atom stereocenters. The summed E-state index contributed by atoms with van der Waals surface area (Å²) in [6, 6.07) is 0. The SMILES string of the molecule is CCC1CN(CCC2CCCC2(O)CN)CCO1. The maximum absolute atomic E-state index is 10.4. The van der Waals surface area contributed by atoms with E-state index in [-0.39, 0.29) is 0 Å². The van der Waals surface area contributed by atoms with Crippen LogP contribution in [0.2, 0.25) is 0 Å². The van der Waals surface area contributed by atoms with Crippen molar-refractivity contribution < 1.29 is 9.84 Å². The Balaban J connectivity index is 1.77. The van der Waals surface area contributed by atoms with Crippen molar-refractivity contribution in [1.29, 1.82) is 0 Å². The molecular formula is C14H28N2O2. The Morgan fingerprint density at radius 2 is 2.33 bits per heavy atom. The van der Waals surface area contributed by atoms with Gasteiger partial charge in [-0.25, -0.2) is 0 Å². The third-order valence-corrected chi connectivity index (χ3v) is 4.75. The summed E-state index contributed by atoms with van der Waals surface area (Å²) in [5, 5.41) is 10.4. The molecule has 0 bridgehead atoms. The first-order valence-electron chi connectivity index (χ1n) is 7.44. The van der Waals surface area contributed by atoms with Gasteiger partial charge in [0.05, 0.1) is 18.3 Å². The quantitative estimate of drug-likeness (QED) is 0.770. The maximum Gasteiger partial charge on any atom is 0.0797 e. The number of nitrogens with zero attached hydrogens (tertiary/aromatic N) is 1. The van der Waals surface area contributed by atoms with Crippen LogP contribution in [-0.2, 0) is 4.74 Å². The predicted molar refractivity (Wildman–Crippen MR) is 72.4 cm³/mol. The van der Waals surface area contributed by atoms with Crippen LogP contribution in [-0.4, -0.2) is 54.5 Å². The smallest absolute Gasteiger partial charge is 0.0797 e. The molecule has 3 atom stereocenters. The van der Waals surface area contributed by atoms with Crippen LogP contribution in [0.15, 0.2) is 0 Å². The molecule has 4 heteroatoms. The molecule has 0 aromatic heterocycles. The van der Waals surface area contributed by atoms with Crippen LogP contribution in [0, 0.1) is 5.92 Å². The fourth-order valence-electron chi connectivity index (χ4n) is 3.38. The zero-order valence-electron chi connectivity index (χ0n) is 11.6. The Bertz CT molecular complexity index is 262. The molecule has 1 saturated carbocycles. The molecule has 4 nitrogen and oxygen atoms in total. The Hall–Kier alpha value is -0.160. The Labute approximate surface area is 110 Å². The number of ether oxygens (including phenoxy) is 1. The minimum absolute atomic E-state index is 0.394. The number of nitrogens with two attached hydrogens (primary N) is 1. The highest BCUT2D eigenvalue weighted by Crippen LogP contribution is 2.37. The molecule has 0 aromatic carbocycles. The van der Waals surface area contributed by atoms with Gasteiger partial charge in [-0.3, -0.25) is 4.90 Å². The number of morpholine rings is 1. The van der Waals surface area contributed by atoms with E-state index in [0.717, 1.165) is 58.3 Å². The van der Waals surface area contributed by atoms with Crippen LogP contribution in [0.1, 0.15) is 39.0 Å². The van der Waals surface area contributed by atoms with E-state index in [0.29, 0.717) is 18.6 Å². The van der Waals surface area contributed by atoms with E-state index in [1.54, 1.807) is 0 Å². The number of aliphatic hydroxyl groups is 1. The van der Waals surface area contributed by atoms with E-state index in [9.17, 15) is 5.11 Å². The lowest BCUT2D eigenvalue weighted by Crippen LogP contribution is -2.45. The van der Waals surface area contributed by atoms with Gasteiger partial charge < -0.3 is 15.6 Å². The largest absolute Gasteiger partial charge is 0.388 e. The third-order valence-electron chi connectivity index (χ3n) is 4.75. The van der Waals surface area contributed by atoms with E-state index < -0.39 is 5.60 Å². The second-order valence-corrected chi connectivity index (χ2v) is 5.89. The molecule has 1 heterocycles. The molecule has 2 rings (SSSR count). The zero-order chi connectivity index (χ0) is 13.0. The second kappa shape index (κ2) is 6.33. The molecule has 106 valence electrons. The van der Waals surface area contributed by atoms with Gasteiger partial charge in [0.1, 0.15) is 0 Å². The van der Waals surface area contributed by atoms with Crippen LogP contribution in [0.3, 0.4) is 0 Å². The molecule has 1 saturated heterocycles. The van der Waals surface area contributed by atoms with Gasteiger partial charge in [-0.2, -0.15) is 0 Å². The van der Waals surface area contributed by atoms with Crippen LogP contribution >= 0.6 is 0 Å². The molecule has 3 N–H and O–H groups in total. The first kappa shape index (κ1) is 14.3. The van der Waals surface area contributed by atoms with Gasteiger partial charge in [0.25, 0.3) is 0 Å². The standard InChI is InChI=1S/C14H28N2O2/c1-2-13-10-16(8-9-18-13)7-5-12-4-3-6-14(12,17)11-15/h12-13,17H,2-11,15H2,1H3. The van der Waals surface area contributed by atoms with Gasteiger partial charge in [-0.1, -0.05) is 13.3 Å². The van der Waals surface area contributed by atoms with Crippen molar-refractivity contribution in [1.82, 2.24) is 4.90 Å². The van der Waals surface area contributed by atoms with Crippen LogP contribution < -0.4 is 5.73 Å². The number of rotatable bonds is 5. The van der Waals surface area contributed by atoms with E-state index in [1.807, 2.05) is 0 Å². The highest BCUT2D eigenvalue weighted by molar-refractivity contribution is 4.93. The molecular weight excluding hydrogens is 228 g/mol. The van der Waals surface area contributed by atoms with Crippen molar-refractivity contribution in [3.8, 4) is 0 Å². The predicted octanol–water partition coefficient (Wildman–Crippen LogP) is 0.977. The summed E-state index contributed by atoms with van der Waals surface area (Å²) in [5.41, 5.74) is 5.14. The first-order valence-corrected chi connectivity index (χ1v) is 7.44. The highest BCUT2D eigenvalue weighted by Gasteiger charge is 2.39. The van der Waals surface area contributed by atoms with Gasteiger partial charge in [0, 0.05) is 19.6 Å². The summed E-state index contributed by atoms with van der Waals surface area (Å²) in [7, 11) is 0. The highest BCUT2D eigenvalue weighted by atomic mass is 16.5. The van der Waals surface area contributed by atoms with Crippen LogP contribution in [0.25, 0.3) is 0 Å². The summed E-state index contributed by atoms with van der Waals surface area (Å²) in [5.74, 6) is 0.394. The molecule has 0 radical (unpaired) electrons. The normalized spacial score (nSPS) is 38.2. The van der Waals surface area contributed by atoms with E-state index in [1.165, 1.54) is 0 Å². The monoisotopic (exact) mass is 256 g/mol. The fraction of sp³-hybridized carbons (Fsp3) is 1.00. The lowest BCUT2D eigenvalue weighted by molar-refractivity contribution is -0.0378. The summed E-state index contributed by atoms with van der Waals surface area (Å²) in [6.45, 7) is 6.60. The first-order chi connectivity index (χ1) is 8.68. The Morgan fingerprint density at radius 1 is 1.50 bits per heavy atom. The molecule has 1 aliphatic carbocycles. The van der Waals surface area contributed by atoms with Crippen molar-refractivity contribution in [3.05, 3.63) is 0 Å². The fourth-order valence-corrected chi connectivity index (χ4v) is 3.38. The van der Waals surface area contributed by atoms with E-state index >= 15 is 0 Å². The number of hydrogen-bond acceptors (Lipinski definition) is 4. The summed E-state index contributed by atoms with van der Waals surface area (Å²) in [6.07, 6.45) is 5.70. The summed E-state index contributed by atoms with van der Waals surface area (Å²) in [4.78, 5) is 2.48. The molecule has 18 heavy (non-hydrogen) atoms. The summed E-state index contributed by atoms with van der Waals surface area (Å²) < 4.78 is 5.68. The molecule has 0 aromatic rings. The average molecular weight is 256 g/mol. The van der Waals surface area contributed by atoms with Gasteiger partial charge in [0.15, 0.2) is 0 Å². The number of hydrogen-bond donors (Lipinski definition) is 2. The summed E-state index contributed by atoms with van der Waals surface area (Å²) >= 11 is 0. The molecule has 2 fully saturated rings. The van der Waals surface area contributed by atoms with Gasteiger partial charge >= 0.3 is 0 Å². The molecule has 0 spiro atoms. The molecule has 2 aliphatic rings.